The van der Waals surface area contributed by atoms with Gasteiger partial charge in [-0.15, -0.1) is 0 Å². The van der Waals surface area contributed by atoms with Crippen LogP contribution in [0.4, 0.5) is 0 Å². The Labute approximate surface area is 148 Å². The average molecular weight is 355 g/mol. The van der Waals surface area contributed by atoms with Crippen LogP contribution in [0.25, 0.3) is 0 Å². The molecule has 24 heavy (non-hydrogen) atoms. The van der Waals surface area contributed by atoms with Crippen LogP contribution in [0.15, 0.2) is 84.9 Å². The third kappa shape index (κ3) is 4.60. The van der Waals surface area contributed by atoms with Crippen LogP contribution in [0.3, 0.4) is 0 Å². The number of hydrogen-bond acceptors (Lipinski definition) is 1. The summed E-state index contributed by atoms with van der Waals surface area (Å²) in [7, 11) is -2.50. The van der Waals surface area contributed by atoms with Crippen LogP contribution in [0.5, 0.6) is 0 Å². The molecule has 0 heterocycles. The van der Waals surface area contributed by atoms with Gasteiger partial charge in [0.15, 0.2) is 0 Å². The van der Waals surface area contributed by atoms with E-state index in [1.807, 2.05) is 84.9 Å². The molecule has 0 amide bonds. The summed E-state index contributed by atoms with van der Waals surface area (Å²) >= 11 is 6.32. The van der Waals surface area contributed by atoms with Crippen LogP contribution in [0.2, 0.25) is 5.02 Å². The van der Waals surface area contributed by atoms with Gasteiger partial charge in [0.25, 0.3) is 0 Å². The first kappa shape index (κ1) is 17.0. The lowest BCUT2D eigenvalue weighted by Gasteiger charge is -2.20. The zero-order valence-corrected chi connectivity index (χ0v) is 15.1. The first-order valence-electron chi connectivity index (χ1n) is 8.03. The molecule has 0 radical (unpaired) electrons. The molecule has 0 N–H and O–H groups in total. The van der Waals surface area contributed by atoms with Gasteiger partial charge in [0.05, 0.1) is 0 Å². The largest absolute Gasteiger partial charge is 0.323 e. The van der Waals surface area contributed by atoms with Crippen molar-refractivity contribution in [1.29, 1.82) is 0 Å². The van der Waals surface area contributed by atoms with Crippen LogP contribution >= 0.6 is 18.7 Å². The smallest absolute Gasteiger partial charge is 0.100 e. The molecule has 3 aromatic rings. The van der Waals surface area contributed by atoms with Crippen LogP contribution in [0.1, 0.15) is 16.7 Å². The molecule has 0 aromatic heterocycles. The Bertz CT molecular complexity index is 785. The second-order valence-corrected chi connectivity index (χ2v) is 9.57. The van der Waals surface area contributed by atoms with Gasteiger partial charge in [0.1, 0.15) is 7.14 Å². The van der Waals surface area contributed by atoms with Crippen molar-refractivity contribution in [2.45, 2.75) is 18.5 Å². The molecule has 3 rings (SSSR count). The predicted molar refractivity (Wildman–Crippen MR) is 103 cm³/mol. The summed E-state index contributed by atoms with van der Waals surface area (Å²) in [5, 5.41) is 0.693. The first-order chi connectivity index (χ1) is 11.6. The van der Waals surface area contributed by atoms with Crippen molar-refractivity contribution in [2.75, 3.05) is 0 Å². The zero-order chi connectivity index (χ0) is 16.8. The van der Waals surface area contributed by atoms with Gasteiger partial charge >= 0.3 is 0 Å². The molecule has 0 saturated heterocycles. The van der Waals surface area contributed by atoms with Gasteiger partial charge < -0.3 is 4.57 Å². The maximum atomic E-state index is 13.8. The van der Waals surface area contributed by atoms with E-state index in [1.54, 1.807) is 0 Å². The van der Waals surface area contributed by atoms with E-state index < -0.39 is 7.14 Å². The van der Waals surface area contributed by atoms with Crippen molar-refractivity contribution in [3.8, 4) is 0 Å². The highest BCUT2D eigenvalue weighted by molar-refractivity contribution is 7.61. The topological polar surface area (TPSA) is 17.1 Å². The highest BCUT2D eigenvalue weighted by Crippen LogP contribution is 2.55. The van der Waals surface area contributed by atoms with E-state index in [-0.39, 0.29) is 0 Å². The maximum Gasteiger partial charge on any atom is 0.100 e. The second kappa shape index (κ2) is 7.83. The van der Waals surface area contributed by atoms with Gasteiger partial charge in [-0.25, -0.2) is 0 Å². The van der Waals surface area contributed by atoms with E-state index in [0.29, 0.717) is 23.5 Å². The normalized spacial score (nSPS) is 11.4. The molecule has 3 aromatic carbocycles. The molecular weight excluding hydrogens is 335 g/mol. The summed E-state index contributed by atoms with van der Waals surface area (Å²) in [5.41, 5.74) is 3.20. The Morgan fingerprint density at radius 1 is 0.625 bits per heavy atom. The second-order valence-electron chi connectivity index (χ2n) is 6.10. The third-order valence-corrected chi connectivity index (χ3v) is 7.21. The zero-order valence-electron chi connectivity index (χ0n) is 13.4. The van der Waals surface area contributed by atoms with Gasteiger partial charge in [-0.1, -0.05) is 90.5 Å². The van der Waals surface area contributed by atoms with E-state index in [2.05, 4.69) is 0 Å². The third-order valence-electron chi connectivity index (χ3n) is 4.04. The fraction of sp³-hybridized carbons (Fsp3) is 0.143. The molecule has 0 fully saturated rings. The summed E-state index contributed by atoms with van der Waals surface area (Å²) in [6, 6.07) is 27.9. The lowest BCUT2D eigenvalue weighted by molar-refractivity contribution is 0.572. The molecule has 0 saturated carbocycles. The molecule has 0 aliphatic rings. The lowest BCUT2D eigenvalue weighted by Crippen LogP contribution is -1.98. The number of hydrogen-bond donors (Lipinski definition) is 0. The first-order valence-corrected chi connectivity index (χ1v) is 10.7. The highest BCUT2D eigenvalue weighted by Gasteiger charge is 2.24. The van der Waals surface area contributed by atoms with Gasteiger partial charge in [0.2, 0.25) is 0 Å². The number of rotatable bonds is 6. The van der Waals surface area contributed by atoms with E-state index in [1.165, 1.54) is 0 Å². The monoisotopic (exact) mass is 354 g/mol. The number of benzene rings is 3. The fourth-order valence-electron chi connectivity index (χ4n) is 2.94. The number of halogens is 1. The minimum atomic E-state index is -2.50. The molecule has 0 bridgehead atoms. The Morgan fingerprint density at radius 3 is 1.58 bits per heavy atom. The summed E-state index contributed by atoms with van der Waals surface area (Å²) in [6.45, 7) is 0. The van der Waals surface area contributed by atoms with Crippen LogP contribution in [0, 0.1) is 0 Å². The molecule has 3 heteroatoms. The van der Waals surface area contributed by atoms with E-state index >= 15 is 0 Å². The minimum Gasteiger partial charge on any atom is -0.323 e. The van der Waals surface area contributed by atoms with Crippen LogP contribution in [-0.2, 0) is 23.1 Å². The molecule has 1 nitrogen and oxygen atoms in total. The Balaban J connectivity index is 1.91. The molecule has 122 valence electrons. The van der Waals surface area contributed by atoms with Gasteiger partial charge in [-0.05, 0) is 22.8 Å². The van der Waals surface area contributed by atoms with Crippen molar-refractivity contribution in [3.05, 3.63) is 107 Å². The SMILES string of the molecule is O=P(Cc1ccccc1)(Cc1ccccc1)Cc1ccccc1Cl. The standard InChI is InChI=1S/C21H20ClOP/c22-21-14-8-7-13-20(21)17-24(23,15-18-9-3-1-4-10-18)16-19-11-5-2-6-12-19/h1-14H,15-17H2. The van der Waals surface area contributed by atoms with Gasteiger partial charge in [-0.2, -0.15) is 0 Å². The molecular formula is C21H20ClOP. The molecule has 0 unspecified atom stereocenters. The Morgan fingerprint density at radius 2 is 1.08 bits per heavy atom. The molecule has 0 atom stereocenters. The van der Waals surface area contributed by atoms with E-state index in [0.717, 1.165) is 16.7 Å². The van der Waals surface area contributed by atoms with Gasteiger partial charge in [0, 0.05) is 23.5 Å². The van der Waals surface area contributed by atoms with E-state index in [9.17, 15) is 4.57 Å². The Kier molecular flexibility index (Phi) is 5.56. The maximum absolute atomic E-state index is 13.8. The summed E-state index contributed by atoms with van der Waals surface area (Å²) < 4.78 is 13.8. The van der Waals surface area contributed by atoms with Crippen molar-refractivity contribution in [2.24, 2.45) is 0 Å². The van der Waals surface area contributed by atoms with Crippen molar-refractivity contribution >= 4 is 18.7 Å². The highest BCUT2D eigenvalue weighted by atomic mass is 35.5. The summed E-state index contributed by atoms with van der Waals surface area (Å²) in [5.74, 6) is 0. The predicted octanol–water partition coefficient (Wildman–Crippen LogP) is 6.60. The molecule has 0 spiro atoms. The molecule has 0 aliphatic heterocycles. The van der Waals surface area contributed by atoms with Gasteiger partial charge in [-0.3, -0.25) is 0 Å². The van der Waals surface area contributed by atoms with Crippen LogP contribution in [-0.4, -0.2) is 0 Å². The van der Waals surface area contributed by atoms with Crippen LogP contribution < -0.4 is 0 Å². The Hall–Kier alpha value is -1.82. The fourth-order valence-corrected chi connectivity index (χ4v) is 6.22. The van der Waals surface area contributed by atoms with E-state index in [4.69, 9.17) is 11.6 Å². The summed E-state index contributed by atoms with van der Waals surface area (Å²) in [4.78, 5) is 0. The summed E-state index contributed by atoms with van der Waals surface area (Å²) in [6.07, 6.45) is 1.71. The van der Waals surface area contributed by atoms with Crippen molar-refractivity contribution in [1.82, 2.24) is 0 Å². The quantitative estimate of drug-likeness (QED) is 0.455. The lowest BCUT2D eigenvalue weighted by atomic mass is 10.2. The minimum absolute atomic E-state index is 0.524. The molecule has 0 aliphatic carbocycles. The average Bonchev–Trinajstić information content (AvgIpc) is 2.58. The van der Waals surface area contributed by atoms with Crippen molar-refractivity contribution < 1.29 is 4.57 Å². The van der Waals surface area contributed by atoms with Crippen molar-refractivity contribution in [3.63, 3.8) is 0 Å².